The number of aliphatic hydroxyl groups is 1. The van der Waals surface area contributed by atoms with Crippen molar-refractivity contribution in [3.8, 4) is 0 Å². The smallest absolute Gasteiger partial charge is 0.278 e. The highest BCUT2D eigenvalue weighted by Crippen LogP contribution is 2.34. The summed E-state index contributed by atoms with van der Waals surface area (Å²) in [5.74, 6) is -9.11. The molecule has 0 saturated carbocycles. The van der Waals surface area contributed by atoms with Crippen LogP contribution in [0.3, 0.4) is 0 Å². The van der Waals surface area contributed by atoms with E-state index in [1.807, 2.05) is 0 Å². The molecule has 6 heteroatoms. The number of halogens is 5. The van der Waals surface area contributed by atoms with Gasteiger partial charge >= 0.3 is 0 Å². The lowest BCUT2D eigenvalue weighted by Crippen LogP contribution is -2.18. The molecule has 0 saturated heterocycles. The van der Waals surface area contributed by atoms with Crippen LogP contribution in [0.2, 0.25) is 0 Å². The fourth-order valence-electron chi connectivity index (χ4n) is 1.08. The van der Waals surface area contributed by atoms with Crippen LogP contribution in [0, 0.1) is 17.5 Å². The zero-order valence-electron chi connectivity index (χ0n) is 7.41. The van der Waals surface area contributed by atoms with Crippen LogP contribution >= 0.6 is 0 Å². The molecule has 0 aliphatic rings. The van der Waals surface area contributed by atoms with E-state index < -0.39 is 42.0 Å². The highest BCUT2D eigenvalue weighted by molar-refractivity contribution is 5.24. The molecule has 1 aromatic rings. The highest BCUT2D eigenvalue weighted by atomic mass is 19.3. The number of alkyl halides is 2. The van der Waals surface area contributed by atoms with E-state index in [-0.39, 0.29) is 0 Å². The number of hydrogen-bond acceptors (Lipinski definition) is 1. The lowest BCUT2D eigenvalue weighted by Gasteiger charge is -2.16. The van der Waals surface area contributed by atoms with Gasteiger partial charge in [0, 0.05) is 13.0 Å². The Morgan fingerprint density at radius 1 is 1.07 bits per heavy atom. The van der Waals surface area contributed by atoms with E-state index in [0.717, 1.165) is 0 Å². The third-order valence-corrected chi connectivity index (χ3v) is 1.86. The van der Waals surface area contributed by atoms with E-state index in [0.29, 0.717) is 12.1 Å². The molecule has 0 amide bonds. The van der Waals surface area contributed by atoms with Crippen molar-refractivity contribution in [2.75, 3.05) is 6.61 Å². The monoisotopic (exact) mass is 226 g/mol. The van der Waals surface area contributed by atoms with Crippen LogP contribution in [0.4, 0.5) is 22.0 Å². The maximum absolute atomic E-state index is 13.0. The van der Waals surface area contributed by atoms with Gasteiger partial charge in [-0.05, 0) is 12.1 Å². The minimum absolute atomic E-state index is 0.416. The summed E-state index contributed by atoms with van der Waals surface area (Å²) in [6, 6.07) is 0.877. The summed E-state index contributed by atoms with van der Waals surface area (Å²) >= 11 is 0. The fourth-order valence-corrected chi connectivity index (χ4v) is 1.08. The number of aliphatic hydroxyl groups excluding tert-OH is 1. The first-order valence-electron chi connectivity index (χ1n) is 4.03. The summed E-state index contributed by atoms with van der Waals surface area (Å²) in [4.78, 5) is 0. The van der Waals surface area contributed by atoms with E-state index in [2.05, 4.69) is 0 Å². The summed E-state index contributed by atoms with van der Waals surface area (Å²) in [6.07, 6.45) is -1.05. The topological polar surface area (TPSA) is 20.2 Å². The number of rotatable bonds is 3. The zero-order chi connectivity index (χ0) is 11.6. The standard InChI is InChI=1S/C9H7F5O/c10-6-2-1-5(7(11)8(6)12)9(13,14)3-4-15/h1-2,15H,3-4H2. The van der Waals surface area contributed by atoms with E-state index in [1.165, 1.54) is 0 Å². The normalized spacial score (nSPS) is 11.9. The van der Waals surface area contributed by atoms with Gasteiger partial charge in [-0.2, -0.15) is 0 Å². The maximum atomic E-state index is 13.0. The molecule has 1 rings (SSSR count). The van der Waals surface area contributed by atoms with Crippen molar-refractivity contribution in [1.82, 2.24) is 0 Å². The average molecular weight is 226 g/mol. The van der Waals surface area contributed by atoms with Gasteiger partial charge in [0.2, 0.25) is 0 Å². The van der Waals surface area contributed by atoms with Gasteiger partial charge in [0.15, 0.2) is 17.5 Å². The van der Waals surface area contributed by atoms with Crippen molar-refractivity contribution < 1.29 is 27.1 Å². The van der Waals surface area contributed by atoms with E-state index in [4.69, 9.17) is 5.11 Å². The Bertz CT molecular complexity index is 364. The summed E-state index contributed by atoms with van der Waals surface area (Å²) in [5, 5.41) is 8.31. The van der Waals surface area contributed by atoms with Crippen LogP contribution in [0.15, 0.2) is 12.1 Å². The van der Waals surface area contributed by atoms with Gasteiger partial charge in [-0.15, -0.1) is 0 Å². The van der Waals surface area contributed by atoms with E-state index >= 15 is 0 Å². The molecule has 0 heterocycles. The lowest BCUT2D eigenvalue weighted by atomic mass is 10.0. The minimum Gasteiger partial charge on any atom is -0.396 e. The molecule has 84 valence electrons. The number of hydrogen-bond donors (Lipinski definition) is 1. The number of benzene rings is 1. The second-order valence-electron chi connectivity index (χ2n) is 2.90. The van der Waals surface area contributed by atoms with Crippen LogP contribution in [0.1, 0.15) is 12.0 Å². The first kappa shape index (κ1) is 11.9. The summed E-state index contributed by atoms with van der Waals surface area (Å²) in [5.41, 5.74) is -1.25. The molecular formula is C9H7F5O. The van der Waals surface area contributed by atoms with Crippen LogP contribution in [-0.4, -0.2) is 11.7 Å². The quantitative estimate of drug-likeness (QED) is 0.620. The second kappa shape index (κ2) is 4.14. The van der Waals surface area contributed by atoms with Gasteiger partial charge in [-0.25, -0.2) is 22.0 Å². The van der Waals surface area contributed by atoms with Crippen molar-refractivity contribution in [1.29, 1.82) is 0 Å². The Kier molecular flexibility index (Phi) is 3.28. The highest BCUT2D eigenvalue weighted by Gasteiger charge is 2.35. The molecule has 0 fully saturated rings. The molecule has 0 radical (unpaired) electrons. The lowest BCUT2D eigenvalue weighted by molar-refractivity contribution is -0.0306. The minimum atomic E-state index is -3.71. The first-order valence-corrected chi connectivity index (χ1v) is 4.03. The second-order valence-corrected chi connectivity index (χ2v) is 2.90. The van der Waals surface area contributed by atoms with Gasteiger partial charge in [0.1, 0.15) is 0 Å². The molecule has 15 heavy (non-hydrogen) atoms. The van der Waals surface area contributed by atoms with Crippen molar-refractivity contribution in [3.05, 3.63) is 35.1 Å². The molecule has 0 atom stereocenters. The van der Waals surface area contributed by atoms with Gasteiger partial charge in [-0.1, -0.05) is 0 Å². The Balaban J connectivity index is 3.21. The van der Waals surface area contributed by atoms with Crippen LogP contribution in [0.25, 0.3) is 0 Å². The molecule has 0 aliphatic heterocycles. The predicted molar refractivity (Wildman–Crippen MR) is 41.9 cm³/mol. The Labute approximate surface area is 82.1 Å². The third kappa shape index (κ3) is 2.26. The SMILES string of the molecule is OCCC(F)(F)c1ccc(F)c(F)c1F. The van der Waals surface area contributed by atoms with Gasteiger partial charge in [-0.3, -0.25) is 0 Å². The van der Waals surface area contributed by atoms with Crippen molar-refractivity contribution in [3.63, 3.8) is 0 Å². The molecule has 0 unspecified atom stereocenters. The van der Waals surface area contributed by atoms with E-state index in [9.17, 15) is 22.0 Å². The molecule has 0 spiro atoms. The van der Waals surface area contributed by atoms with Crippen molar-refractivity contribution >= 4 is 0 Å². The van der Waals surface area contributed by atoms with E-state index in [1.54, 1.807) is 0 Å². The first-order chi connectivity index (χ1) is 6.90. The molecule has 1 N–H and O–H groups in total. The fraction of sp³-hybridized carbons (Fsp3) is 0.333. The maximum Gasteiger partial charge on any atom is 0.278 e. The predicted octanol–water partition coefficient (Wildman–Crippen LogP) is 2.58. The van der Waals surface area contributed by atoms with Gasteiger partial charge in [0.05, 0.1) is 5.56 Å². The molecule has 0 bridgehead atoms. The molecule has 1 aromatic carbocycles. The Morgan fingerprint density at radius 3 is 2.20 bits per heavy atom. The Morgan fingerprint density at radius 2 is 1.67 bits per heavy atom. The summed E-state index contributed by atoms with van der Waals surface area (Å²) in [6.45, 7) is -0.883. The molecular weight excluding hydrogens is 219 g/mol. The Hall–Kier alpha value is -1.17. The summed E-state index contributed by atoms with van der Waals surface area (Å²) in [7, 11) is 0. The zero-order valence-corrected chi connectivity index (χ0v) is 7.41. The largest absolute Gasteiger partial charge is 0.396 e. The average Bonchev–Trinajstić information content (AvgIpc) is 2.13. The van der Waals surface area contributed by atoms with Gasteiger partial charge in [0.25, 0.3) is 5.92 Å². The summed E-state index contributed by atoms with van der Waals surface area (Å²) < 4.78 is 64.0. The van der Waals surface area contributed by atoms with Crippen molar-refractivity contribution in [2.24, 2.45) is 0 Å². The van der Waals surface area contributed by atoms with Crippen LogP contribution in [-0.2, 0) is 5.92 Å². The van der Waals surface area contributed by atoms with Crippen LogP contribution < -0.4 is 0 Å². The third-order valence-electron chi connectivity index (χ3n) is 1.86. The van der Waals surface area contributed by atoms with Gasteiger partial charge < -0.3 is 5.11 Å². The molecule has 0 aliphatic carbocycles. The molecule has 0 aromatic heterocycles. The van der Waals surface area contributed by atoms with Crippen molar-refractivity contribution in [2.45, 2.75) is 12.3 Å². The molecule has 1 nitrogen and oxygen atoms in total. The van der Waals surface area contributed by atoms with Crippen LogP contribution in [0.5, 0.6) is 0 Å².